The number of furan rings is 1. The number of hydrogen-bond donors (Lipinski definition) is 0. The second kappa shape index (κ2) is 5.59. The smallest absolute Gasteiger partial charge is 0.185 e. The molecule has 0 saturated heterocycles. The van der Waals surface area contributed by atoms with Gasteiger partial charge in [0.25, 0.3) is 0 Å². The minimum atomic E-state index is 0.362. The van der Waals surface area contributed by atoms with Crippen molar-refractivity contribution in [1.29, 1.82) is 0 Å². The van der Waals surface area contributed by atoms with Crippen LogP contribution in [0.4, 0.5) is 0 Å². The van der Waals surface area contributed by atoms with Gasteiger partial charge in [0.15, 0.2) is 12.0 Å². The molecule has 0 radical (unpaired) electrons. The lowest BCUT2D eigenvalue weighted by Gasteiger charge is -2.06. The fraction of sp³-hybridized carbons (Fsp3) is 0.154. The summed E-state index contributed by atoms with van der Waals surface area (Å²) in [7, 11) is 1.65. The Morgan fingerprint density at radius 2 is 2.12 bits per heavy atom. The topological polar surface area (TPSA) is 39.4 Å². The zero-order valence-corrected chi connectivity index (χ0v) is 10.2. The predicted octanol–water partition coefficient (Wildman–Crippen LogP) is 3.39. The van der Waals surface area contributed by atoms with Crippen LogP contribution in [0.3, 0.4) is 0 Å². The van der Waals surface area contributed by atoms with E-state index in [0.717, 1.165) is 16.4 Å². The second-order valence-corrected chi connectivity index (χ2v) is 4.38. The lowest BCUT2D eigenvalue weighted by Crippen LogP contribution is -1.85. The van der Waals surface area contributed by atoms with Crippen LogP contribution in [0.5, 0.6) is 5.75 Å². The molecule has 0 saturated carbocycles. The van der Waals surface area contributed by atoms with Gasteiger partial charge in [0.05, 0.1) is 12.9 Å². The van der Waals surface area contributed by atoms with Gasteiger partial charge in [-0.25, -0.2) is 0 Å². The van der Waals surface area contributed by atoms with Crippen LogP contribution in [-0.2, 0) is 5.75 Å². The number of ether oxygens (including phenoxy) is 1. The first kappa shape index (κ1) is 11.8. The Bertz CT molecular complexity index is 505. The summed E-state index contributed by atoms with van der Waals surface area (Å²) in [5.41, 5.74) is 0. The third kappa shape index (κ3) is 2.91. The molecule has 1 aromatic carbocycles. The maximum atomic E-state index is 10.5. The lowest BCUT2D eigenvalue weighted by atomic mass is 10.3. The van der Waals surface area contributed by atoms with Gasteiger partial charge in [-0.2, -0.15) is 0 Å². The van der Waals surface area contributed by atoms with Crippen LogP contribution < -0.4 is 4.74 Å². The van der Waals surface area contributed by atoms with E-state index < -0.39 is 0 Å². The molecule has 0 unspecified atom stereocenters. The molecule has 0 aliphatic carbocycles. The first-order valence-electron chi connectivity index (χ1n) is 5.13. The van der Waals surface area contributed by atoms with Crippen molar-refractivity contribution in [3.63, 3.8) is 0 Å². The molecule has 0 N–H and O–H groups in total. The number of thioether (sulfide) groups is 1. The van der Waals surface area contributed by atoms with Crippen LogP contribution in [0.15, 0.2) is 45.7 Å². The van der Waals surface area contributed by atoms with E-state index in [-0.39, 0.29) is 0 Å². The van der Waals surface area contributed by atoms with Crippen molar-refractivity contribution < 1.29 is 13.9 Å². The van der Waals surface area contributed by atoms with E-state index in [0.29, 0.717) is 17.8 Å². The van der Waals surface area contributed by atoms with Crippen molar-refractivity contribution in [3.05, 3.63) is 47.9 Å². The fourth-order valence-electron chi connectivity index (χ4n) is 1.42. The van der Waals surface area contributed by atoms with Crippen LogP contribution in [0.25, 0.3) is 0 Å². The highest BCUT2D eigenvalue weighted by Gasteiger charge is 2.05. The Balaban J connectivity index is 2.04. The molecule has 2 aromatic rings. The van der Waals surface area contributed by atoms with Crippen molar-refractivity contribution >= 4 is 18.0 Å². The van der Waals surface area contributed by atoms with E-state index >= 15 is 0 Å². The average Bonchev–Trinajstić information content (AvgIpc) is 2.84. The van der Waals surface area contributed by atoms with Crippen molar-refractivity contribution in [1.82, 2.24) is 0 Å². The molecular weight excluding hydrogens is 236 g/mol. The largest absolute Gasteiger partial charge is 0.496 e. The van der Waals surface area contributed by atoms with Crippen LogP contribution >= 0.6 is 11.8 Å². The molecule has 4 heteroatoms. The van der Waals surface area contributed by atoms with Gasteiger partial charge >= 0.3 is 0 Å². The summed E-state index contributed by atoms with van der Waals surface area (Å²) < 4.78 is 10.6. The Morgan fingerprint density at radius 1 is 1.29 bits per heavy atom. The Hall–Kier alpha value is -1.68. The predicted molar refractivity (Wildman–Crippen MR) is 66.7 cm³/mol. The minimum absolute atomic E-state index is 0.362. The number of hydrogen-bond acceptors (Lipinski definition) is 4. The zero-order valence-electron chi connectivity index (χ0n) is 9.38. The van der Waals surface area contributed by atoms with Crippen LogP contribution in [0.2, 0.25) is 0 Å². The summed E-state index contributed by atoms with van der Waals surface area (Å²) in [6.45, 7) is 0. The highest BCUT2D eigenvalue weighted by molar-refractivity contribution is 7.98. The first-order valence-corrected chi connectivity index (χ1v) is 6.11. The summed E-state index contributed by atoms with van der Waals surface area (Å²) in [6.07, 6.45) is 0.706. The quantitative estimate of drug-likeness (QED) is 0.600. The summed E-state index contributed by atoms with van der Waals surface area (Å²) in [5, 5.41) is 0. The van der Waals surface area contributed by atoms with E-state index in [4.69, 9.17) is 9.15 Å². The third-order valence-corrected chi connectivity index (χ3v) is 3.31. The number of rotatable bonds is 5. The maximum absolute atomic E-state index is 10.5. The third-order valence-electron chi connectivity index (χ3n) is 2.24. The molecule has 0 aliphatic rings. The molecule has 17 heavy (non-hydrogen) atoms. The molecule has 0 aliphatic heterocycles. The number of aldehydes is 1. The zero-order chi connectivity index (χ0) is 12.1. The highest BCUT2D eigenvalue weighted by Crippen LogP contribution is 2.31. The van der Waals surface area contributed by atoms with E-state index in [1.807, 2.05) is 30.3 Å². The van der Waals surface area contributed by atoms with E-state index in [1.54, 1.807) is 24.9 Å². The minimum Gasteiger partial charge on any atom is -0.496 e. The van der Waals surface area contributed by atoms with Crippen molar-refractivity contribution in [3.8, 4) is 5.75 Å². The molecule has 0 bridgehead atoms. The van der Waals surface area contributed by atoms with Crippen molar-refractivity contribution in [2.24, 2.45) is 0 Å². The van der Waals surface area contributed by atoms with Gasteiger partial charge in [-0.3, -0.25) is 4.79 Å². The summed E-state index contributed by atoms with van der Waals surface area (Å²) in [4.78, 5) is 11.5. The molecule has 0 fully saturated rings. The normalized spacial score (nSPS) is 10.2. The van der Waals surface area contributed by atoms with Crippen LogP contribution in [-0.4, -0.2) is 13.4 Å². The molecule has 0 amide bonds. The maximum Gasteiger partial charge on any atom is 0.185 e. The van der Waals surface area contributed by atoms with Gasteiger partial charge in [-0.05, 0) is 24.3 Å². The number of benzene rings is 1. The second-order valence-electron chi connectivity index (χ2n) is 3.36. The fourth-order valence-corrected chi connectivity index (χ4v) is 2.34. The van der Waals surface area contributed by atoms with Gasteiger partial charge in [-0.15, -0.1) is 11.8 Å². The van der Waals surface area contributed by atoms with Crippen LogP contribution in [0.1, 0.15) is 16.3 Å². The molecule has 1 heterocycles. The van der Waals surface area contributed by atoms with E-state index in [2.05, 4.69) is 0 Å². The molecule has 0 atom stereocenters. The molecule has 3 nitrogen and oxygen atoms in total. The van der Waals surface area contributed by atoms with Gasteiger partial charge < -0.3 is 9.15 Å². The molecular formula is C13H12O3S. The first-order chi connectivity index (χ1) is 8.33. The number of carbonyl (C=O) groups excluding carboxylic acids is 1. The van der Waals surface area contributed by atoms with Crippen LogP contribution in [0, 0.1) is 0 Å². The van der Waals surface area contributed by atoms with Crippen molar-refractivity contribution in [2.75, 3.05) is 7.11 Å². The van der Waals surface area contributed by atoms with Crippen molar-refractivity contribution in [2.45, 2.75) is 10.6 Å². The Labute approximate surface area is 104 Å². The Morgan fingerprint density at radius 3 is 2.82 bits per heavy atom. The standard InChI is InChI=1S/C13H12O3S/c1-15-12-4-2-3-5-13(12)17-9-11-7-6-10(8-14)16-11/h2-8H,9H2,1H3. The van der Waals surface area contributed by atoms with Gasteiger partial charge in [0.2, 0.25) is 0 Å². The molecule has 0 spiro atoms. The molecule has 88 valence electrons. The summed E-state index contributed by atoms with van der Waals surface area (Å²) in [5.74, 6) is 2.66. The summed E-state index contributed by atoms with van der Waals surface area (Å²) in [6, 6.07) is 11.3. The Kier molecular flexibility index (Phi) is 3.88. The van der Waals surface area contributed by atoms with Gasteiger partial charge in [0, 0.05) is 4.90 Å². The average molecular weight is 248 g/mol. The molecule has 2 rings (SSSR count). The molecule has 1 aromatic heterocycles. The highest BCUT2D eigenvalue weighted by atomic mass is 32.2. The SMILES string of the molecule is COc1ccccc1SCc1ccc(C=O)o1. The number of para-hydroxylation sites is 1. The van der Waals surface area contributed by atoms with Gasteiger partial charge in [0.1, 0.15) is 11.5 Å². The monoisotopic (exact) mass is 248 g/mol. The number of carbonyl (C=O) groups is 1. The van der Waals surface area contributed by atoms with Gasteiger partial charge in [-0.1, -0.05) is 12.1 Å². The van der Waals surface area contributed by atoms with E-state index in [1.165, 1.54) is 0 Å². The lowest BCUT2D eigenvalue weighted by molar-refractivity contribution is 0.109. The van der Waals surface area contributed by atoms with E-state index in [9.17, 15) is 4.79 Å². The number of methoxy groups -OCH3 is 1. The summed E-state index contributed by atoms with van der Waals surface area (Å²) >= 11 is 1.61.